The highest BCUT2D eigenvalue weighted by Gasteiger charge is 2.26. The predicted octanol–water partition coefficient (Wildman–Crippen LogP) is 0.512. The first kappa shape index (κ1) is 20.8. The SMILES string of the molecule is Cn1c(=O)c2c(nc(N3CCCC(N)C3)n2CCc2ccccc2[N+](=O)[O-])n(C)c1=O. The Bertz CT molecular complexity index is 1270. The van der Waals surface area contributed by atoms with Crippen molar-refractivity contribution in [3.05, 3.63) is 60.8 Å². The van der Waals surface area contributed by atoms with Crippen molar-refractivity contribution in [1.29, 1.82) is 0 Å². The molecular weight excluding hydrogens is 402 g/mol. The van der Waals surface area contributed by atoms with Crippen LogP contribution in [0.15, 0.2) is 33.9 Å². The minimum atomic E-state index is -0.456. The van der Waals surface area contributed by atoms with Crippen LogP contribution in [0.3, 0.4) is 0 Å². The lowest BCUT2D eigenvalue weighted by molar-refractivity contribution is -0.385. The Balaban J connectivity index is 1.86. The van der Waals surface area contributed by atoms with Gasteiger partial charge in [-0.25, -0.2) is 4.79 Å². The van der Waals surface area contributed by atoms with Crippen LogP contribution in [0.5, 0.6) is 0 Å². The molecule has 1 fully saturated rings. The van der Waals surface area contributed by atoms with Crippen LogP contribution in [0.1, 0.15) is 18.4 Å². The Labute approximate surface area is 177 Å². The van der Waals surface area contributed by atoms with Crippen LogP contribution in [0.25, 0.3) is 11.2 Å². The van der Waals surface area contributed by atoms with Crippen molar-refractivity contribution in [3.8, 4) is 0 Å². The second kappa shape index (κ2) is 7.99. The van der Waals surface area contributed by atoms with Crippen molar-refractivity contribution < 1.29 is 4.92 Å². The third kappa shape index (κ3) is 3.61. The maximum absolute atomic E-state index is 13.0. The van der Waals surface area contributed by atoms with E-state index in [0.29, 0.717) is 42.2 Å². The number of nitro groups is 1. The molecule has 1 aromatic carbocycles. The molecule has 0 saturated carbocycles. The summed E-state index contributed by atoms with van der Waals surface area (Å²) in [7, 11) is 3.01. The monoisotopic (exact) mass is 427 g/mol. The fraction of sp³-hybridized carbons (Fsp3) is 0.450. The molecule has 0 aliphatic carbocycles. The molecule has 0 radical (unpaired) electrons. The number of fused-ring (bicyclic) bond motifs is 1. The molecule has 164 valence electrons. The van der Waals surface area contributed by atoms with Crippen LogP contribution < -0.4 is 21.9 Å². The predicted molar refractivity (Wildman–Crippen MR) is 116 cm³/mol. The average Bonchev–Trinajstić information content (AvgIpc) is 3.14. The van der Waals surface area contributed by atoms with E-state index in [9.17, 15) is 19.7 Å². The first-order valence-electron chi connectivity index (χ1n) is 10.2. The van der Waals surface area contributed by atoms with E-state index in [0.717, 1.165) is 24.0 Å². The summed E-state index contributed by atoms with van der Waals surface area (Å²) < 4.78 is 4.18. The van der Waals surface area contributed by atoms with Gasteiger partial charge in [0.1, 0.15) is 0 Å². The molecular formula is C20H25N7O4. The normalized spacial score (nSPS) is 16.7. The molecule has 1 aliphatic rings. The first-order valence-corrected chi connectivity index (χ1v) is 10.2. The maximum Gasteiger partial charge on any atom is 0.332 e. The summed E-state index contributed by atoms with van der Waals surface area (Å²) in [5.74, 6) is 0.557. The quantitative estimate of drug-likeness (QED) is 0.463. The minimum absolute atomic E-state index is 0.0103. The molecule has 1 unspecified atom stereocenters. The van der Waals surface area contributed by atoms with Gasteiger partial charge >= 0.3 is 5.69 Å². The van der Waals surface area contributed by atoms with E-state index in [1.807, 2.05) is 4.90 Å². The Morgan fingerprint density at radius 3 is 2.68 bits per heavy atom. The number of hydrogen-bond acceptors (Lipinski definition) is 7. The molecule has 4 rings (SSSR count). The number of nitro benzene ring substituents is 1. The van der Waals surface area contributed by atoms with Gasteiger partial charge in [0, 0.05) is 51.4 Å². The molecule has 1 saturated heterocycles. The lowest BCUT2D eigenvalue weighted by Crippen LogP contribution is -2.44. The molecule has 1 atom stereocenters. The Morgan fingerprint density at radius 2 is 1.97 bits per heavy atom. The molecule has 0 amide bonds. The van der Waals surface area contributed by atoms with Crippen LogP contribution >= 0.6 is 0 Å². The molecule has 3 heterocycles. The number of aromatic nitrogens is 4. The zero-order valence-corrected chi connectivity index (χ0v) is 17.5. The summed E-state index contributed by atoms with van der Waals surface area (Å²) in [6.45, 7) is 1.62. The van der Waals surface area contributed by atoms with E-state index in [1.54, 1.807) is 29.8 Å². The van der Waals surface area contributed by atoms with Crippen LogP contribution in [-0.2, 0) is 27.1 Å². The Hall–Kier alpha value is -3.47. The third-order valence-electron chi connectivity index (χ3n) is 5.86. The number of rotatable bonds is 5. The molecule has 2 aromatic heterocycles. The Kier molecular flexibility index (Phi) is 5.36. The summed E-state index contributed by atoms with van der Waals surface area (Å²) in [5, 5.41) is 11.4. The van der Waals surface area contributed by atoms with Gasteiger partial charge in [0.15, 0.2) is 11.2 Å². The largest absolute Gasteiger partial charge is 0.341 e. The third-order valence-corrected chi connectivity index (χ3v) is 5.86. The number of para-hydroxylation sites is 1. The van der Waals surface area contributed by atoms with Crippen molar-refractivity contribution in [2.45, 2.75) is 31.8 Å². The second-order valence-corrected chi connectivity index (χ2v) is 7.93. The maximum atomic E-state index is 13.0. The number of hydrogen-bond donors (Lipinski definition) is 1. The highest BCUT2D eigenvalue weighted by Crippen LogP contribution is 2.25. The number of benzene rings is 1. The van der Waals surface area contributed by atoms with Gasteiger partial charge in [0.05, 0.1) is 4.92 Å². The van der Waals surface area contributed by atoms with Crippen molar-refractivity contribution >= 4 is 22.8 Å². The lowest BCUT2D eigenvalue weighted by atomic mass is 10.1. The summed E-state index contributed by atoms with van der Waals surface area (Å²) in [6, 6.07) is 6.54. The zero-order valence-electron chi connectivity index (χ0n) is 17.5. The molecule has 0 spiro atoms. The molecule has 31 heavy (non-hydrogen) atoms. The first-order chi connectivity index (χ1) is 14.8. The molecule has 11 nitrogen and oxygen atoms in total. The summed E-state index contributed by atoms with van der Waals surface area (Å²) in [4.78, 5) is 43.1. The number of anilines is 1. The zero-order chi connectivity index (χ0) is 22.3. The highest BCUT2D eigenvalue weighted by molar-refractivity contribution is 5.74. The number of imidazole rings is 1. The van der Waals surface area contributed by atoms with Crippen LogP contribution in [0.4, 0.5) is 11.6 Å². The average molecular weight is 427 g/mol. The molecule has 1 aliphatic heterocycles. The summed E-state index contributed by atoms with van der Waals surface area (Å²) in [6.07, 6.45) is 2.14. The van der Waals surface area contributed by atoms with Crippen molar-refractivity contribution in [2.24, 2.45) is 19.8 Å². The van der Waals surface area contributed by atoms with E-state index in [4.69, 9.17) is 5.73 Å². The molecule has 2 N–H and O–H groups in total. The van der Waals surface area contributed by atoms with E-state index < -0.39 is 16.2 Å². The number of piperidine rings is 1. The van der Waals surface area contributed by atoms with Crippen molar-refractivity contribution in [3.63, 3.8) is 0 Å². The highest BCUT2D eigenvalue weighted by atomic mass is 16.6. The van der Waals surface area contributed by atoms with Gasteiger partial charge in [-0.05, 0) is 19.3 Å². The van der Waals surface area contributed by atoms with E-state index in [2.05, 4.69) is 4.98 Å². The van der Waals surface area contributed by atoms with Crippen LogP contribution in [0.2, 0.25) is 0 Å². The summed E-state index contributed by atoms with van der Waals surface area (Å²) >= 11 is 0. The number of nitrogens with two attached hydrogens (primary N) is 1. The van der Waals surface area contributed by atoms with Crippen molar-refractivity contribution in [1.82, 2.24) is 18.7 Å². The van der Waals surface area contributed by atoms with Gasteiger partial charge in [0.2, 0.25) is 5.95 Å². The number of nitrogens with zero attached hydrogens (tertiary/aromatic N) is 6. The topological polar surface area (TPSA) is 134 Å². The molecule has 11 heteroatoms. The van der Waals surface area contributed by atoms with Gasteiger partial charge in [0.25, 0.3) is 11.2 Å². The fourth-order valence-corrected chi connectivity index (χ4v) is 4.21. The second-order valence-electron chi connectivity index (χ2n) is 7.93. The fourth-order valence-electron chi connectivity index (χ4n) is 4.21. The number of aryl methyl sites for hydroxylation is 3. The van der Waals surface area contributed by atoms with Gasteiger partial charge in [-0.15, -0.1) is 0 Å². The van der Waals surface area contributed by atoms with Crippen LogP contribution in [-0.4, -0.2) is 42.7 Å². The molecule has 0 bridgehead atoms. The van der Waals surface area contributed by atoms with E-state index in [1.165, 1.54) is 17.7 Å². The van der Waals surface area contributed by atoms with Gasteiger partial charge in [-0.2, -0.15) is 4.98 Å². The van der Waals surface area contributed by atoms with Crippen LogP contribution in [0, 0.1) is 10.1 Å². The van der Waals surface area contributed by atoms with E-state index in [-0.39, 0.29) is 11.7 Å². The molecule has 3 aromatic rings. The minimum Gasteiger partial charge on any atom is -0.341 e. The van der Waals surface area contributed by atoms with Crippen molar-refractivity contribution in [2.75, 3.05) is 18.0 Å². The van der Waals surface area contributed by atoms with E-state index >= 15 is 0 Å². The van der Waals surface area contributed by atoms with Gasteiger partial charge in [-0.1, -0.05) is 18.2 Å². The summed E-state index contributed by atoms with van der Waals surface area (Å²) in [5.41, 5.74) is 6.46. The smallest absolute Gasteiger partial charge is 0.332 e. The lowest BCUT2D eigenvalue weighted by Gasteiger charge is -2.31. The Morgan fingerprint density at radius 1 is 1.23 bits per heavy atom. The van der Waals surface area contributed by atoms with Gasteiger partial charge < -0.3 is 15.2 Å². The standard InChI is InChI=1S/C20H25N7O4/c1-23-17-16(18(28)24(2)20(23)29)26(19(22-17)25-10-5-7-14(21)12-25)11-9-13-6-3-4-8-15(13)27(30)31/h3-4,6,8,14H,5,7,9-12,21H2,1-2H3. The van der Waals surface area contributed by atoms with Gasteiger partial charge in [-0.3, -0.25) is 24.0 Å².